The molecule has 0 N–H and O–H groups in total. The first kappa shape index (κ1) is 16.8. The van der Waals surface area contributed by atoms with Gasteiger partial charge < -0.3 is 9.64 Å². The molecule has 0 aliphatic heterocycles. The standard InChI is InChI=1S/C16H24ClNO2/c1-3-4-10-18(11-9-17)16(19)8-12-20-15-7-5-6-14(2)13-15/h5-7,13H,3-4,8-12H2,1-2H3. The molecule has 0 radical (unpaired) electrons. The number of rotatable bonds is 9. The van der Waals surface area contributed by atoms with Crippen LogP contribution in [0, 0.1) is 6.92 Å². The van der Waals surface area contributed by atoms with Gasteiger partial charge in [-0.05, 0) is 31.0 Å². The molecule has 0 aliphatic rings. The van der Waals surface area contributed by atoms with Crippen LogP contribution >= 0.6 is 11.6 Å². The van der Waals surface area contributed by atoms with Crippen molar-refractivity contribution in [1.29, 1.82) is 0 Å². The Morgan fingerprint density at radius 3 is 2.80 bits per heavy atom. The largest absolute Gasteiger partial charge is 0.493 e. The average Bonchev–Trinajstić information content (AvgIpc) is 2.43. The summed E-state index contributed by atoms with van der Waals surface area (Å²) in [6, 6.07) is 7.85. The molecule has 0 aromatic heterocycles. The molecule has 1 amide bonds. The fourth-order valence-corrected chi connectivity index (χ4v) is 2.14. The van der Waals surface area contributed by atoms with Crippen molar-refractivity contribution in [3.8, 4) is 5.75 Å². The number of unbranched alkanes of at least 4 members (excludes halogenated alkanes) is 1. The maximum absolute atomic E-state index is 12.1. The van der Waals surface area contributed by atoms with Crippen LogP contribution in [0.15, 0.2) is 24.3 Å². The zero-order valence-electron chi connectivity index (χ0n) is 12.4. The summed E-state index contributed by atoms with van der Waals surface area (Å²) in [6.45, 7) is 5.94. The Morgan fingerprint density at radius 1 is 1.35 bits per heavy atom. The van der Waals surface area contributed by atoms with Gasteiger partial charge in [0.15, 0.2) is 0 Å². The molecule has 3 nitrogen and oxygen atoms in total. The smallest absolute Gasteiger partial charge is 0.226 e. The van der Waals surface area contributed by atoms with Gasteiger partial charge in [-0.2, -0.15) is 0 Å². The minimum absolute atomic E-state index is 0.117. The molecule has 0 saturated heterocycles. The second kappa shape index (κ2) is 9.65. The lowest BCUT2D eigenvalue weighted by molar-refractivity contribution is -0.131. The molecule has 0 spiro atoms. The maximum Gasteiger partial charge on any atom is 0.226 e. The fraction of sp³-hybridized carbons (Fsp3) is 0.562. The van der Waals surface area contributed by atoms with Crippen molar-refractivity contribution in [3.63, 3.8) is 0 Å². The highest BCUT2D eigenvalue weighted by Crippen LogP contribution is 2.12. The van der Waals surface area contributed by atoms with Gasteiger partial charge >= 0.3 is 0 Å². The van der Waals surface area contributed by atoms with Crippen molar-refractivity contribution >= 4 is 17.5 Å². The maximum atomic E-state index is 12.1. The molecule has 0 aliphatic carbocycles. The highest BCUT2D eigenvalue weighted by Gasteiger charge is 2.12. The van der Waals surface area contributed by atoms with E-state index in [2.05, 4.69) is 6.92 Å². The zero-order chi connectivity index (χ0) is 14.8. The molecule has 0 unspecified atom stereocenters. The first-order valence-electron chi connectivity index (χ1n) is 7.20. The van der Waals surface area contributed by atoms with E-state index in [1.165, 1.54) is 0 Å². The predicted octanol–water partition coefficient (Wildman–Crippen LogP) is 3.63. The summed E-state index contributed by atoms with van der Waals surface area (Å²) in [5, 5.41) is 0. The van der Waals surface area contributed by atoms with Gasteiger partial charge in [0.25, 0.3) is 0 Å². The summed E-state index contributed by atoms with van der Waals surface area (Å²) in [5.74, 6) is 1.41. The first-order valence-corrected chi connectivity index (χ1v) is 7.74. The van der Waals surface area contributed by atoms with Crippen LogP contribution in [0.25, 0.3) is 0 Å². The van der Waals surface area contributed by atoms with Gasteiger partial charge in [0.2, 0.25) is 5.91 Å². The quantitative estimate of drug-likeness (QED) is 0.651. The minimum Gasteiger partial charge on any atom is -0.493 e. The van der Waals surface area contributed by atoms with Crippen molar-refractivity contribution in [1.82, 2.24) is 4.90 Å². The van der Waals surface area contributed by atoms with Gasteiger partial charge in [0, 0.05) is 19.0 Å². The summed E-state index contributed by atoms with van der Waals surface area (Å²) in [4.78, 5) is 13.9. The summed E-state index contributed by atoms with van der Waals surface area (Å²) < 4.78 is 5.61. The van der Waals surface area contributed by atoms with E-state index in [1.54, 1.807) is 0 Å². The molecular weight excluding hydrogens is 274 g/mol. The number of carbonyl (C=O) groups is 1. The molecule has 112 valence electrons. The molecule has 20 heavy (non-hydrogen) atoms. The van der Waals surface area contributed by atoms with E-state index in [0.29, 0.717) is 25.5 Å². The SMILES string of the molecule is CCCCN(CCCl)C(=O)CCOc1cccc(C)c1. The van der Waals surface area contributed by atoms with Crippen molar-refractivity contribution < 1.29 is 9.53 Å². The van der Waals surface area contributed by atoms with Crippen LogP contribution in [-0.2, 0) is 4.79 Å². The van der Waals surface area contributed by atoms with Crippen LogP contribution in [0.1, 0.15) is 31.7 Å². The Balaban J connectivity index is 2.36. The van der Waals surface area contributed by atoms with Crippen LogP contribution in [0.5, 0.6) is 5.75 Å². The molecule has 1 aromatic carbocycles. The number of nitrogens with zero attached hydrogens (tertiary/aromatic N) is 1. The molecule has 0 bridgehead atoms. The number of benzene rings is 1. The number of amides is 1. The van der Waals surface area contributed by atoms with Gasteiger partial charge in [-0.15, -0.1) is 11.6 Å². The Labute approximate surface area is 126 Å². The van der Waals surface area contributed by atoms with Gasteiger partial charge in [0.1, 0.15) is 5.75 Å². The van der Waals surface area contributed by atoms with Crippen molar-refractivity contribution in [2.45, 2.75) is 33.1 Å². The van der Waals surface area contributed by atoms with E-state index in [1.807, 2.05) is 36.1 Å². The molecular formula is C16H24ClNO2. The first-order chi connectivity index (χ1) is 9.67. The van der Waals surface area contributed by atoms with Crippen LogP contribution in [0.2, 0.25) is 0 Å². The summed E-state index contributed by atoms with van der Waals surface area (Å²) in [7, 11) is 0. The average molecular weight is 298 g/mol. The Kier molecular flexibility index (Phi) is 8.12. The third kappa shape index (κ3) is 6.29. The number of carbonyl (C=O) groups excluding carboxylic acids is 1. The summed E-state index contributed by atoms with van der Waals surface area (Å²) in [6.07, 6.45) is 2.49. The highest BCUT2D eigenvalue weighted by molar-refractivity contribution is 6.18. The molecule has 0 fully saturated rings. The van der Waals surface area contributed by atoms with E-state index in [-0.39, 0.29) is 5.91 Å². The van der Waals surface area contributed by atoms with E-state index in [0.717, 1.165) is 30.7 Å². The number of alkyl halides is 1. The number of aryl methyl sites for hydroxylation is 1. The van der Waals surface area contributed by atoms with Gasteiger partial charge in [-0.1, -0.05) is 25.5 Å². The Hall–Kier alpha value is -1.22. The topological polar surface area (TPSA) is 29.5 Å². The van der Waals surface area contributed by atoms with E-state index < -0.39 is 0 Å². The minimum atomic E-state index is 0.117. The third-order valence-electron chi connectivity index (χ3n) is 3.06. The molecule has 1 rings (SSSR count). The number of ether oxygens (including phenoxy) is 1. The number of hydrogen-bond acceptors (Lipinski definition) is 2. The fourth-order valence-electron chi connectivity index (χ4n) is 1.93. The molecule has 4 heteroatoms. The summed E-state index contributed by atoms with van der Waals surface area (Å²) in [5.41, 5.74) is 1.15. The lowest BCUT2D eigenvalue weighted by atomic mass is 10.2. The van der Waals surface area contributed by atoms with Gasteiger partial charge in [-0.25, -0.2) is 0 Å². The van der Waals surface area contributed by atoms with Crippen molar-refractivity contribution in [2.75, 3.05) is 25.6 Å². The molecule has 0 saturated carbocycles. The van der Waals surface area contributed by atoms with Crippen LogP contribution < -0.4 is 4.74 Å². The molecule has 1 aromatic rings. The zero-order valence-corrected chi connectivity index (χ0v) is 13.2. The highest BCUT2D eigenvalue weighted by atomic mass is 35.5. The summed E-state index contributed by atoms with van der Waals surface area (Å²) >= 11 is 5.74. The van der Waals surface area contributed by atoms with E-state index >= 15 is 0 Å². The van der Waals surface area contributed by atoms with Crippen LogP contribution in [0.4, 0.5) is 0 Å². The Morgan fingerprint density at radius 2 is 2.15 bits per heavy atom. The van der Waals surface area contributed by atoms with Crippen LogP contribution in [0.3, 0.4) is 0 Å². The molecule has 0 atom stereocenters. The Bertz CT molecular complexity index is 409. The number of halogens is 1. The number of hydrogen-bond donors (Lipinski definition) is 0. The predicted molar refractivity (Wildman–Crippen MR) is 83.5 cm³/mol. The lowest BCUT2D eigenvalue weighted by Gasteiger charge is -2.21. The normalized spacial score (nSPS) is 10.3. The van der Waals surface area contributed by atoms with Crippen molar-refractivity contribution in [3.05, 3.63) is 29.8 Å². The van der Waals surface area contributed by atoms with Crippen molar-refractivity contribution in [2.24, 2.45) is 0 Å². The molecule has 0 heterocycles. The second-order valence-electron chi connectivity index (χ2n) is 4.84. The van der Waals surface area contributed by atoms with Gasteiger partial charge in [0.05, 0.1) is 13.0 Å². The van der Waals surface area contributed by atoms with E-state index in [9.17, 15) is 4.79 Å². The second-order valence-corrected chi connectivity index (χ2v) is 5.22. The van der Waals surface area contributed by atoms with E-state index in [4.69, 9.17) is 16.3 Å². The van der Waals surface area contributed by atoms with Crippen LogP contribution in [-0.4, -0.2) is 36.4 Å². The van der Waals surface area contributed by atoms with Gasteiger partial charge in [-0.3, -0.25) is 4.79 Å². The third-order valence-corrected chi connectivity index (χ3v) is 3.23. The lowest BCUT2D eigenvalue weighted by Crippen LogP contribution is -2.34. The monoisotopic (exact) mass is 297 g/mol.